The smallest absolute Gasteiger partial charge is 0.262 e. The third-order valence-corrected chi connectivity index (χ3v) is 3.83. The Kier molecular flexibility index (Phi) is 6.21. The number of thioether (sulfide) groups is 1. The lowest BCUT2D eigenvalue weighted by atomic mass is 10.1. The average molecular weight is 338 g/mol. The molecule has 1 unspecified atom stereocenters. The normalized spacial score (nSPS) is 12.5. The van der Waals surface area contributed by atoms with E-state index in [2.05, 4.69) is 10.3 Å². The summed E-state index contributed by atoms with van der Waals surface area (Å²) in [5, 5.41) is 2.80. The fraction of sp³-hybridized carbons (Fsp3) is 0.353. The Hall–Kier alpha value is -1.82. The van der Waals surface area contributed by atoms with Gasteiger partial charge in [0, 0.05) is 11.1 Å². The van der Waals surface area contributed by atoms with Crippen molar-refractivity contribution in [2.45, 2.75) is 37.3 Å². The quantitative estimate of drug-likeness (QED) is 0.720. The first kappa shape index (κ1) is 17.5. The molecule has 124 valence electrons. The maximum Gasteiger partial charge on any atom is 0.262 e. The SMILES string of the molecule is CSc1ccc(NC(c2cccc(OC(C)C)c2)C(F)F)nc1. The summed E-state index contributed by atoms with van der Waals surface area (Å²) in [4.78, 5) is 5.15. The Morgan fingerprint density at radius 3 is 2.52 bits per heavy atom. The molecule has 0 aliphatic rings. The number of nitrogens with zero attached hydrogens (tertiary/aromatic N) is 1. The van der Waals surface area contributed by atoms with E-state index in [0.717, 1.165) is 4.90 Å². The molecule has 1 aromatic carbocycles. The van der Waals surface area contributed by atoms with E-state index in [1.54, 1.807) is 48.3 Å². The van der Waals surface area contributed by atoms with Crippen LogP contribution in [0.25, 0.3) is 0 Å². The highest BCUT2D eigenvalue weighted by Crippen LogP contribution is 2.28. The summed E-state index contributed by atoms with van der Waals surface area (Å²) in [5.41, 5.74) is 0.467. The van der Waals surface area contributed by atoms with E-state index in [9.17, 15) is 8.78 Å². The van der Waals surface area contributed by atoms with Crippen molar-refractivity contribution in [1.29, 1.82) is 0 Å². The molecule has 6 heteroatoms. The van der Waals surface area contributed by atoms with E-state index in [1.807, 2.05) is 26.2 Å². The van der Waals surface area contributed by atoms with Gasteiger partial charge in [-0.1, -0.05) is 12.1 Å². The molecule has 0 saturated carbocycles. The summed E-state index contributed by atoms with van der Waals surface area (Å²) in [6, 6.07) is 9.19. The lowest BCUT2D eigenvalue weighted by molar-refractivity contribution is 0.124. The molecule has 2 aromatic rings. The monoisotopic (exact) mass is 338 g/mol. The maximum atomic E-state index is 13.5. The van der Waals surface area contributed by atoms with E-state index in [4.69, 9.17) is 4.74 Å². The van der Waals surface area contributed by atoms with Gasteiger partial charge in [-0.3, -0.25) is 0 Å². The van der Waals surface area contributed by atoms with Gasteiger partial charge in [0.2, 0.25) is 0 Å². The molecule has 1 aromatic heterocycles. The van der Waals surface area contributed by atoms with Gasteiger partial charge in [0.15, 0.2) is 0 Å². The Morgan fingerprint density at radius 2 is 1.96 bits per heavy atom. The van der Waals surface area contributed by atoms with Crippen LogP contribution in [0.4, 0.5) is 14.6 Å². The van der Waals surface area contributed by atoms with E-state index in [0.29, 0.717) is 17.1 Å². The van der Waals surface area contributed by atoms with Gasteiger partial charge >= 0.3 is 0 Å². The molecule has 0 spiro atoms. The minimum absolute atomic E-state index is 0.0102. The molecular weight excluding hydrogens is 318 g/mol. The number of alkyl halides is 2. The molecule has 23 heavy (non-hydrogen) atoms. The van der Waals surface area contributed by atoms with E-state index >= 15 is 0 Å². The minimum Gasteiger partial charge on any atom is -0.491 e. The van der Waals surface area contributed by atoms with Crippen molar-refractivity contribution in [3.8, 4) is 5.75 Å². The van der Waals surface area contributed by atoms with Crippen molar-refractivity contribution in [3.05, 3.63) is 48.2 Å². The second-order valence-corrected chi connectivity index (χ2v) is 6.16. The van der Waals surface area contributed by atoms with Gasteiger partial charge in [-0.25, -0.2) is 13.8 Å². The van der Waals surface area contributed by atoms with E-state index in [-0.39, 0.29) is 6.10 Å². The number of anilines is 1. The number of ether oxygens (including phenoxy) is 1. The van der Waals surface area contributed by atoms with Crippen LogP contribution in [-0.2, 0) is 0 Å². The number of nitrogens with one attached hydrogen (secondary N) is 1. The summed E-state index contributed by atoms with van der Waals surface area (Å²) in [6.07, 6.45) is 1.02. The largest absolute Gasteiger partial charge is 0.491 e. The van der Waals surface area contributed by atoms with Crippen LogP contribution in [0, 0.1) is 0 Å². The average Bonchev–Trinajstić information content (AvgIpc) is 2.52. The number of aromatic nitrogens is 1. The van der Waals surface area contributed by atoms with Gasteiger partial charge < -0.3 is 10.1 Å². The third kappa shape index (κ3) is 5.10. The van der Waals surface area contributed by atoms with Gasteiger partial charge in [0.1, 0.15) is 17.6 Å². The first-order valence-electron chi connectivity index (χ1n) is 7.31. The number of rotatable bonds is 7. The van der Waals surface area contributed by atoms with Crippen LogP contribution in [-0.4, -0.2) is 23.8 Å². The van der Waals surface area contributed by atoms with Crippen molar-refractivity contribution in [3.63, 3.8) is 0 Å². The van der Waals surface area contributed by atoms with E-state index < -0.39 is 12.5 Å². The zero-order valence-electron chi connectivity index (χ0n) is 13.3. The molecule has 0 radical (unpaired) electrons. The summed E-state index contributed by atoms with van der Waals surface area (Å²) >= 11 is 1.55. The first-order valence-corrected chi connectivity index (χ1v) is 8.53. The standard InChI is InChI=1S/C17H20F2N2OS/c1-11(2)22-13-6-4-5-12(9-13)16(17(18)19)21-15-8-7-14(23-3)10-20-15/h4-11,16-17H,1-3H3,(H,20,21). The number of benzene rings is 1. The Balaban J connectivity index is 2.20. The van der Waals surface area contributed by atoms with Crippen molar-refractivity contribution < 1.29 is 13.5 Å². The second kappa shape index (κ2) is 8.15. The van der Waals surface area contributed by atoms with Gasteiger partial charge in [0.25, 0.3) is 6.43 Å². The van der Waals surface area contributed by atoms with Crippen molar-refractivity contribution in [1.82, 2.24) is 4.98 Å². The Morgan fingerprint density at radius 1 is 1.17 bits per heavy atom. The minimum atomic E-state index is -2.56. The van der Waals surface area contributed by atoms with Crippen LogP contribution >= 0.6 is 11.8 Å². The molecule has 0 amide bonds. The molecule has 0 aliphatic heterocycles. The zero-order valence-corrected chi connectivity index (χ0v) is 14.1. The summed E-state index contributed by atoms with van der Waals surface area (Å²) in [7, 11) is 0. The Bertz CT molecular complexity index is 620. The fourth-order valence-electron chi connectivity index (χ4n) is 2.09. The first-order chi connectivity index (χ1) is 11.0. The highest BCUT2D eigenvalue weighted by molar-refractivity contribution is 7.98. The highest BCUT2D eigenvalue weighted by atomic mass is 32.2. The van der Waals surface area contributed by atoms with Crippen LogP contribution < -0.4 is 10.1 Å². The van der Waals surface area contributed by atoms with Gasteiger partial charge in [0.05, 0.1) is 6.10 Å². The van der Waals surface area contributed by atoms with Crippen LogP contribution in [0.2, 0.25) is 0 Å². The molecule has 2 rings (SSSR count). The second-order valence-electron chi connectivity index (χ2n) is 5.28. The van der Waals surface area contributed by atoms with Crippen molar-refractivity contribution in [2.24, 2.45) is 0 Å². The van der Waals surface area contributed by atoms with Crippen molar-refractivity contribution >= 4 is 17.6 Å². The van der Waals surface area contributed by atoms with Gasteiger partial charge in [-0.2, -0.15) is 0 Å². The topological polar surface area (TPSA) is 34.1 Å². The van der Waals surface area contributed by atoms with E-state index in [1.165, 1.54) is 0 Å². The number of hydrogen-bond acceptors (Lipinski definition) is 4. The lowest BCUT2D eigenvalue weighted by Crippen LogP contribution is -2.19. The number of pyridine rings is 1. The van der Waals surface area contributed by atoms with Crippen molar-refractivity contribution in [2.75, 3.05) is 11.6 Å². The summed E-state index contributed by atoms with van der Waals surface area (Å²) < 4.78 is 32.5. The molecule has 0 fully saturated rings. The third-order valence-electron chi connectivity index (χ3n) is 3.12. The molecule has 1 N–H and O–H groups in total. The Labute approximate surface area is 139 Å². The molecule has 0 saturated heterocycles. The molecular formula is C17H20F2N2OS. The fourth-order valence-corrected chi connectivity index (χ4v) is 2.45. The molecule has 3 nitrogen and oxygen atoms in total. The summed E-state index contributed by atoms with van der Waals surface area (Å²) in [6.45, 7) is 3.79. The predicted octanol–water partition coefficient (Wildman–Crippen LogP) is 5.01. The van der Waals surface area contributed by atoms with Crippen LogP contribution in [0.3, 0.4) is 0 Å². The lowest BCUT2D eigenvalue weighted by Gasteiger charge is -2.20. The van der Waals surface area contributed by atoms with Crippen LogP contribution in [0.5, 0.6) is 5.75 Å². The molecule has 0 aliphatic carbocycles. The van der Waals surface area contributed by atoms with Crippen LogP contribution in [0.15, 0.2) is 47.5 Å². The maximum absolute atomic E-state index is 13.5. The van der Waals surface area contributed by atoms with Gasteiger partial charge in [-0.05, 0) is 49.9 Å². The molecule has 1 atom stereocenters. The number of halogens is 2. The summed E-state index contributed by atoms with van der Waals surface area (Å²) in [5.74, 6) is 0.999. The number of hydrogen-bond donors (Lipinski definition) is 1. The highest BCUT2D eigenvalue weighted by Gasteiger charge is 2.23. The molecule has 0 bridgehead atoms. The van der Waals surface area contributed by atoms with Gasteiger partial charge in [-0.15, -0.1) is 11.8 Å². The predicted molar refractivity (Wildman–Crippen MR) is 90.6 cm³/mol. The van der Waals surface area contributed by atoms with Crippen LogP contribution in [0.1, 0.15) is 25.5 Å². The zero-order chi connectivity index (χ0) is 16.8. The molecule has 1 heterocycles.